The fourth-order valence-electron chi connectivity index (χ4n) is 2.03. The van der Waals surface area contributed by atoms with Crippen molar-refractivity contribution in [1.82, 2.24) is 9.88 Å². The molecule has 1 N–H and O–H groups in total. The first-order valence-electron chi connectivity index (χ1n) is 6.71. The van der Waals surface area contributed by atoms with Crippen molar-refractivity contribution in [3.05, 3.63) is 58.7 Å². The summed E-state index contributed by atoms with van der Waals surface area (Å²) in [6.45, 7) is 0.872. The molecule has 1 unspecified atom stereocenters. The quantitative estimate of drug-likeness (QED) is 0.877. The zero-order chi connectivity index (χ0) is 14.4. The molecule has 0 radical (unpaired) electrons. The number of hydrogen-bond donors (Lipinski definition) is 1. The summed E-state index contributed by atoms with van der Waals surface area (Å²) in [6, 6.07) is 15.0. The van der Waals surface area contributed by atoms with Crippen molar-refractivity contribution in [2.45, 2.75) is 12.5 Å². The van der Waals surface area contributed by atoms with Crippen molar-refractivity contribution in [3.8, 4) is 0 Å². The van der Waals surface area contributed by atoms with E-state index in [1.807, 2.05) is 18.3 Å². The standard InChI is InChI=1S/C16H20BrN3/c1-20(2)15(10-13-6-4-3-5-7-13)12-19-16-9-8-14(17)11-18-16/h3-9,11,15H,10,12H2,1-2H3,(H,18,19). The lowest BCUT2D eigenvalue weighted by atomic mass is 10.1. The van der Waals surface area contributed by atoms with Gasteiger partial charge in [0.15, 0.2) is 0 Å². The number of benzene rings is 1. The van der Waals surface area contributed by atoms with Crippen molar-refractivity contribution in [2.24, 2.45) is 0 Å². The monoisotopic (exact) mass is 333 g/mol. The summed E-state index contributed by atoms with van der Waals surface area (Å²) < 4.78 is 0.997. The summed E-state index contributed by atoms with van der Waals surface area (Å²) in [5.41, 5.74) is 1.36. The predicted molar refractivity (Wildman–Crippen MR) is 88.0 cm³/mol. The van der Waals surface area contributed by atoms with Crippen molar-refractivity contribution >= 4 is 21.7 Å². The Balaban J connectivity index is 1.94. The maximum absolute atomic E-state index is 4.34. The summed E-state index contributed by atoms with van der Waals surface area (Å²) in [7, 11) is 4.23. The van der Waals surface area contributed by atoms with E-state index in [9.17, 15) is 0 Å². The molecule has 0 saturated carbocycles. The molecule has 1 atom stereocenters. The number of nitrogens with zero attached hydrogens (tertiary/aromatic N) is 2. The van der Waals surface area contributed by atoms with Crippen LogP contribution in [0.1, 0.15) is 5.56 Å². The molecule has 106 valence electrons. The van der Waals surface area contributed by atoms with Crippen LogP contribution in [0.3, 0.4) is 0 Å². The van der Waals surface area contributed by atoms with Gasteiger partial charge in [0.25, 0.3) is 0 Å². The Labute approximate surface area is 129 Å². The van der Waals surface area contributed by atoms with Crippen LogP contribution in [0, 0.1) is 0 Å². The number of pyridine rings is 1. The van der Waals surface area contributed by atoms with Crippen LogP contribution < -0.4 is 5.32 Å². The fraction of sp³-hybridized carbons (Fsp3) is 0.312. The maximum atomic E-state index is 4.34. The van der Waals surface area contributed by atoms with Crippen LogP contribution in [-0.4, -0.2) is 36.6 Å². The smallest absolute Gasteiger partial charge is 0.126 e. The zero-order valence-corrected chi connectivity index (χ0v) is 13.5. The van der Waals surface area contributed by atoms with E-state index in [0.29, 0.717) is 6.04 Å². The van der Waals surface area contributed by atoms with Gasteiger partial charge in [0.05, 0.1) is 0 Å². The molecule has 0 spiro atoms. The van der Waals surface area contributed by atoms with Crippen LogP contribution in [0.15, 0.2) is 53.1 Å². The molecule has 1 aromatic heterocycles. The predicted octanol–water partition coefficient (Wildman–Crippen LogP) is 3.43. The molecular weight excluding hydrogens is 314 g/mol. The van der Waals surface area contributed by atoms with E-state index in [1.54, 1.807) is 0 Å². The highest BCUT2D eigenvalue weighted by molar-refractivity contribution is 9.10. The summed E-state index contributed by atoms with van der Waals surface area (Å²) in [6.07, 6.45) is 2.83. The first kappa shape index (κ1) is 15.0. The van der Waals surface area contributed by atoms with Crippen LogP contribution in [0.2, 0.25) is 0 Å². The molecule has 2 rings (SSSR count). The second kappa shape index (κ2) is 7.41. The maximum Gasteiger partial charge on any atom is 0.126 e. The molecule has 0 aliphatic carbocycles. The van der Waals surface area contributed by atoms with Gasteiger partial charge in [0, 0.05) is 23.3 Å². The van der Waals surface area contributed by atoms with E-state index in [0.717, 1.165) is 23.3 Å². The lowest BCUT2D eigenvalue weighted by molar-refractivity contribution is 0.303. The summed E-state index contributed by atoms with van der Waals surface area (Å²) >= 11 is 3.39. The average molecular weight is 334 g/mol. The molecular formula is C16H20BrN3. The summed E-state index contributed by atoms with van der Waals surface area (Å²) in [4.78, 5) is 6.59. The minimum Gasteiger partial charge on any atom is -0.368 e. The lowest BCUT2D eigenvalue weighted by Gasteiger charge is -2.25. The van der Waals surface area contributed by atoms with Crippen molar-refractivity contribution < 1.29 is 0 Å². The molecule has 3 nitrogen and oxygen atoms in total. The van der Waals surface area contributed by atoms with Crippen molar-refractivity contribution in [3.63, 3.8) is 0 Å². The average Bonchev–Trinajstić information content (AvgIpc) is 2.46. The van der Waals surface area contributed by atoms with Gasteiger partial charge in [0.2, 0.25) is 0 Å². The highest BCUT2D eigenvalue weighted by Gasteiger charge is 2.12. The Morgan fingerprint density at radius 2 is 1.90 bits per heavy atom. The van der Waals surface area contributed by atoms with E-state index >= 15 is 0 Å². The number of likely N-dealkylation sites (N-methyl/N-ethyl adjacent to an activating group) is 1. The lowest BCUT2D eigenvalue weighted by Crippen LogP contribution is -2.36. The van der Waals surface area contributed by atoms with Gasteiger partial charge < -0.3 is 10.2 Å². The van der Waals surface area contributed by atoms with Crippen LogP contribution in [0.5, 0.6) is 0 Å². The molecule has 0 amide bonds. The van der Waals surface area contributed by atoms with Gasteiger partial charge in [-0.25, -0.2) is 4.98 Å². The molecule has 1 aromatic carbocycles. The van der Waals surface area contributed by atoms with Gasteiger partial charge in [-0.05, 0) is 54.1 Å². The minimum absolute atomic E-state index is 0.433. The van der Waals surface area contributed by atoms with E-state index in [-0.39, 0.29) is 0 Å². The van der Waals surface area contributed by atoms with Gasteiger partial charge in [-0.3, -0.25) is 0 Å². The second-order valence-electron chi connectivity index (χ2n) is 5.05. The topological polar surface area (TPSA) is 28.2 Å². The highest BCUT2D eigenvalue weighted by atomic mass is 79.9. The molecule has 0 aliphatic heterocycles. The number of rotatable bonds is 6. The van der Waals surface area contributed by atoms with E-state index in [2.05, 4.69) is 75.6 Å². The molecule has 4 heteroatoms. The Morgan fingerprint density at radius 1 is 1.15 bits per heavy atom. The fourth-order valence-corrected chi connectivity index (χ4v) is 2.26. The number of aromatic nitrogens is 1. The van der Waals surface area contributed by atoms with Crippen molar-refractivity contribution in [1.29, 1.82) is 0 Å². The Kier molecular flexibility index (Phi) is 5.56. The van der Waals surface area contributed by atoms with Gasteiger partial charge in [-0.2, -0.15) is 0 Å². The van der Waals surface area contributed by atoms with E-state index in [4.69, 9.17) is 0 Å². The molecule has 0 aliphatic rings. The second-order valence-corrected chi connectivity index (χ2v) is 5.97. The zero-order valence-electron chi connectivity index (χ0n) is 11.9. The Hall–Kier alpha value is -1.39. The normalized spacial score (nSPS) is 12.4. The third kappa shape index (κ3) is 4.62. The van der Waals surface area contributed by atoms with Crippen LogP contribution in [0.4, 0.5) is 5.82 Å². The SMILES string of the molecule is CN(C)C(CNc1ccc(Br)cn1)Cc1ccccc1. The molecule has 1 heterocycles. The molecule has 0 fully saturated rings. The first-order chi connectivity index (χ1) is 9.65. The van der Waals surface area contributed by atoms with Crippen LogP contribution >= 0.6 is 15.9 Å². The van der Waals surface area contributed by atoms with Crippen molar-refractivity contribution in [2.75, 3.05) is 26.0 Å². The van der Waals surface area contributed by atoms with Gasteiger partial charge in [-0.1, -0.05) is 30.3 Å². The largest absolute Gasteiger partial charge is 0.368 e. The van der Waals surface area contributed by atoms with Gasteiger partial charge in [0.1, 0.15) is 5.82 Å². The number of hydrogen-bond acceptors (Lipinski definition) is 3. The van der Waals surface area contributed by atoms with E-state index < -0.39 is 0 Å². The van der Waals surface area contributed by atoms with Crippen LogP contribution in [0.25, 0.3) is 0 Å². The van der Waals surface area contributed by atoms with Crippen LogP contribution in [-0.2, 0) is 6.42 Å². The molecule has 20 heavy (non-hydrogen) atoms. The molecule has 2 aromatic rings. The first-order valence-corrected chi connectivity index (χ1v) is 7.50. The highest BCUT2D eigenvalue weighted by Crippen LogP contribution is 2.12. The number of anilines is 1. The number of nitrogens with one attached hydrogen (secondary N) is 1. The summed E-state index contributed by atoms with van der Waals surface area (Å²) in [5.74, 6) is 0.910. The third-order valence-electron chi connectivity index (χ3n) is 3.29. The Bertz CT molecular complexity index is 511. The Morgan fingerprint density at radius 3 is 2.50 bits per heavy atom. The van der Waals surface area contributed by atoms with Gasteiger partial charge in [-0.15, -0.1) is 0 Å². The molecule has 0 saturated heterocycles. The van der Waals surface area contributed by atoms with E-state index in [1.165, 1.54) is 5.56 Å². The summed E-state index contributed by atoms with van der Waals surface area (Å²) in [5, 5.41) is 3.40. The third-order valence-corrected chi connectivity index (χ3v) is 3.76. The van der Waals surface area contributed by atoms with Gasteiger partial charge >= 0.3 is 0 Å². The number of halogens is 1. The molecule has 0 bridgehead atoms. The minimum atomic E-state index is 0.433.